The lowest BCUT2D eigenvalue weighted by Gasteiger charge is -2.27. The van der Waals surface area contributed by atoms with Crippen molar-refractivity contribution in [3.05, 3.63) is 53.4 Å². The van der Waals surface area contributed by atoms with Crippen LogP contribution in [-0.2, 0) is 20.8 Å². The Labute approximate surface area is 199 Å². The molecule has 0 aliphatic heterocycles. The van der Waals surface area contributed by atoms with Gasteiger partial charge in [0.05, 0.1) is 10.1 Å². The molecule has 0 fully saturated rings. The molecule has 2 aromatic rings. The number of benzene rings is 1. The Hall–Kier alpha value is -2.12. The molecule has 0 unspecified atom stereocenters. The van der Waals surface area contributed by atoms with Gasteiger partial charge in [0.2, 0.25) is 11.8 Å². The lowest BCUT2D eigenvalue weighted by molar-refractivity contribution is -0.135. The molecule has 174 valence electrons. The third-order valence-electron chi connectivity index (χ3n) is 5.50. The first kappa shape index (κ1) is 26.1. The molecule has 0 spiro atoms. The van der Waals surface area contributed by atoms with E-state index in [4.69, 9.17) is 0 Å². The monoisotopic (exact) mass is 474 g/mol. The molecule has 7 heteroatoms. The molecule has 1 aromatic heterocycles. The quantitative estimate of drug-likeness (QED) is 0.421. The van der Waals surface area contributed by atoms with Gasteiger partial charge in [-0.25, -0.2) is 0 Å². The standard InChI is InChI=1S/C25H34N2O3S2/c1-17(2)13-20(21(25(30)27-4)16-32-23-11-8-12-31-23)22(28)15-19(24(29)26-3)14-18-9-6-5-7-10-18/h5-12,17,19-21H,13-16H2,1-4H3,(H,26,29)(H,27,30)/t19-,20-,21+/m1/s1. The highest BCUT2D eigenvalue weighted by Gasteiger charge is 2.35. The molecule has 3 atom stereocenters. The van der Waals surface area contributed by atoms with Gasteiger partial charge in [-0.1, -0.05) is 50.2 Å². The van der Waals surface area contributed by atoms with Crippen LogP contribution in [0, 0.1) is 23.7 Å². The minimum Gasteiger partial charge on any atom is -0.359 e. The zero-order chi connectivity index (χ0) is 23.5. The van der Waals surface area contributed by atoms with Gasteiger partial charge in [-0.15, -0.1) is 23.1 Å². The van der Waals surface area contributed by atoms with Crippen molar-refractivity contribution in [3.8, 4) is 0 Å². The maximum atomic E-state index is 13.6. The number of thiophene rings is 1. The number of carbonyl (C=O) groups is 3. The van der Waals surface area contributed by atoms with E-state index < -0.39 is 17.8 Å². The van der Waals surface area contributed by atoms with Crippen molar-refractivity contribution in [2.24, 2.45) is 23.7 Å². The van der Waals surface area contributed by atoms with Gasteiger partial charge in [-0.2, -0.15) is 0 Å². The van der Waals surface area contributed by atoms with Gasteiger partial charge in [0.25, 0.3) is 0 Å². The fourth-order valence-electron chi connectivity index (χ4n) is 3.86. The van der Waals surface area contributed by atoms with Crippen LogP contribution in [0.3, 0.4) is 0 Å². The zero-order valence-corrected chi connectivity index (χ0v) is 20.9. The number of thioether (sulfide) groups is 1. The Morgan fingerprint density at radius 3 is 2.19 bits per heavy atom. The number of amides is 2. The molecular weight excluding hydrogens is 440 g/mol. The summed E-state index contributed by atoms with van der Waals surface area (Å²) in [7, 11) is 3.21. The Balaban J connectivity index is 2.23. The number of hydrogen-bond acceptors (Lipinski definition) is 5. The topological polar surface area (TPSA) is 75.3 Å². The molecule has 5 nitrogen and oxygen atoms in total. The first-order chi connectivity index (χ1) is 15.3. The number of carbonyl (C=O) groups excluding carboxylic acids is 3. The van der Waals surface area contributed by atoms with Crippen LogP contribution in [0.5, 0.6) is 0 Å². The van der Waals surface area contributed by atoms with Crippen molar-refractivity contribution in [3.63, 3.8) is 0 Å². The van der Waals surface area contributed by atoms with Crippen molar-refractivity contribution in [2.75, 3.05) is 19.8 Å². The lowest BCUT2D eigenvalue weighted by Crippen LogP contribution is -2.40. The fourth-order valence-corrected chi connectivity index (χ4v) is 5.85. The Bertz CT molecular complexity index is 853. The minimum absolute atomic E-state index is 0.0105. The lowest BCUT2D eigenvalue weighted by atomic mass is 9.79. The van der Waals surface area contributed by atoms with Gasteiger partial charge in [0, 0.05) is 38.1 Å². The molecular formula is C25H34N2O3S2. The Kier molecular flexibility index (Phi) is 11.0. The number of ketones is 1. The van der Waals surface area contributed by atoms with Crippen LogP contribution in [0.15, 0.2) is 52.1 Å². The summed E-state index contributed by atoms with van der Waals surface area (Å²) in [4.78, 5) is 39.0. The number of hydrogen-bond donors (Lipinski definition) is 2. The molecule has 1 aromatic carbocycles. The van der Waals surface area contributed by atoms with Crippen LogP contribution in [0.4, 0.5) is 0 Å². The molecule has 0 bridgehead atoms. The van der Waals surface area contributed by atoms with Gasteiger partial charge < -0.3 is 10.6 Å². The number of nitrogens with one attached hydrogen (secondary N) is 2. The molecule has 0 saturated carbocycles. The van der Waals surface area contributed by atoms with E-state index in [1.54, 1.807) is 37.2 Å². The molecule has 0 aliphatic carbocycles. The van der Waals surface area contributed by atoms with E-state index >= 15 is 0 Å². The summed E-state index contributed by atoms with van der Waals surface area (Å²) in [5.74, 6) is -0.803. The van der Waals surface area contributed by atoms with E-state index in [0.29, 0.717) is 18.6 Å². The van der Waals surface area contributed by atoms with Crippen molar-refractivity contribution >= 4 is 40.7 Å². The van der Waals surface area contributed by atoms with E-state index in [0.717, 1.165) is 9.77 Å². The van der Waals surface area contributed by atoms with E-state index in [9.17, 15) is 14.4 Å². The second kappa shape index (κ2) is 13.4. The predicted octanol–water partition coefficient (Wildman–Crippen LogP) is 4.43. The number of rotatable bonds is 13. The first-order valence-electron chi connectivity index (χ1n) is 11.0. The average molecular weight is 475 g/mol. The smallest absolute Gasteiger partial charge is 0.224 e. The van der Waals surface area contributed by atoms with Crippen LogP contribution >= 0.6 is 23.1 Å². The van der Waals surface area contributed by atoms with Gasteiger partial charge >= 0.3 is 0 Å². The maximum absolute atomic E-state index is 13.6. The van der Waals surface area contributed by atoms with Crippen molar-refractivity contribution in [2.45, 2.75) is 37.3 Å². The van der Waals surface area contributed by atoms with Gasteiger partial charge in [0.1, 0.15) is 5.78 Å². The second-order valence-electron chi connectivity index (χ2n) is 8.37. The average Bonchev–Trinajstić information content (AvgIpc) is 3.31. The predicted molar refractivity (Wildman–Crippen MR) is 133 cm³/mol. The van der Waals surface area contributed by atoms with Crippen LogP contribution < -0.4 is 10.6 Å². The molecule has 0 saturated heterocycles. The normalized spacial score (nSPS) is 13.9. The van der Waals surface area contributed by atoms with E-state index in [1.807, 2.05) is 47.8 Å². The van der Waals surface area contributed by atoms with E-state index in [-0.39, 0.29) is 29.9 Å². The van der Waals surface area contributed by atoms with Crippen LogP contribution in [-0.4, -0.2) is 37.4 Å². The molecule has 32 heavy (non-hydrogen) atoms. The Morgan fingerprint density at radius 2 is 1.62 bits per heavy atom. The largest absolute Gasteiger partial charge is 0.359 e. The van der Waals surface area contributed by atoms with Gasteiger partial charge in [0.15, 0.2) is 0 Å². The summed E-state index contributed by atoms with van der Waals surface area (Å²) >= 11 is 3.24. The molecule has 2 amide bonds. The van der Waals surface area contributed by atoms with Crippen molar-refractivity contribution in [1.82, 2.24) is 10.6 Å². The highest BCUT2D eigenvalue weighted by atomic mass is 32.2. The third-order valence-corrected chi connectivity index (χ3v) is 7.75. The van der Waals surface area contributed by atoms with E-state index in [1.165, 1.54) is 0 Å². The van der Waals surface area contributed by atoms with Gasteiger partial charge in [-0.3, -0.25) is 14.4 Å². The Morgan fingerprint density at radius 1 is 0.938 bits per heavy atom. The highest BCUT2D eigenvalue weighted by Crippen LogP contribution is 2.32. The maximum Gasteiger partial charge on any atom is 0.224 e. The van der Waals surface area contributed by atoms with Crippen LogP contribution in [0.2, 0.25) is 0 Å². The fraction of sp³-hybridized carbons (Fsp3) is 0.480. The minimum atomic E-state index is -0.458. The summed E-state index contributed by atoms with van der Waals surface area (Å²) in [5, 5.41) is 7.46. The molecule has 2 N–H and O–H groups in total. The van der Waals surface area contributed by atoms with E-state index in [2.05, 4.69) is 24.5 Å². The van der Waals surface area contributed by atoms with Crippen molar-refractivity contribution < 1.29 is 14.4 Å². The molecule has 0 aliphatic rings. The SMILES string of the molecule is CNC(=O)[C@@H](CC(=O)[C@H](CC(C)C)[C@H](CSc1cccs1)C(=O)NC)Cc1ccccc1. The summed E-state index contributed by atoms with van der Waals surface area (Å²) in [6.45, 7) is 4.13. The molecule has 0 radical (unpaired) electrons. The summed E-state index contributed by atoms with van der Waals surface area (Å²) < 4.78 is 1.13. The van der Waals surface area contributed by atoms with Gasteiger partial charge in [-0.05, 0) is 35.8 Å². The summed E-state index contributed by atoms with van der Waals surface area (Å²) in [6, 6.07) is 13.7. The van der Waals surface area contributed by atoms with Crippen molar-refractivity contribution in [1.29, 1.82) is 0 Å². The molecule has 2 rings (SSSR count). The summed E-state index contributed by atoms with van der Waals surface area (Å²) in [6.07, 6.45) is 1.24. The summed E-state index contributed by atoms with van der Waals surface area (Å²) in [5.41, 5.74) is 1.02. The zero-order valence-electron chi connectivity index (χ0n) is 19.3. The highest BCUT2D eigenvalue weighted by molar-refractivity contribution is 8.01. The first-order valence-corrected chi connectivity index (χ1v) is 12.9. The molecule has 1 heterocycles. The van der Waals surface area contributed by atoms with Crippen LogP contribution in [0.1, 0.15) is 32.3 Å². The van der Waals surface area contributed by atoms with Crippen LogP contribution in [0.25, 0.3) is 0 Å². The second-order valence-corrected chi connectivity index (χ2v) is 10.6. The third kappa shape index (κ3) is 8.10. The number of Topliss-reactive ketones (excluding diaryl/α,β-unsaturated/α-hetero) is 1.